The van der Waals surface area contributed by atoms with Crippen molar-refractivity contribution in [1.82, 2.24) is 0 Å². The van der Waals surface area contributed by atoms with Gasteiger partial charge >= 0.3 is 0 Å². The summed E-state index contributed by atoms with van der Waals surface area (Å²) in [6.45, 7) is 15.1. The number of hydrogen-bond acceptors (Lipinski definition) is 6. The van der Waals surface area contributed by atoms with Crippen molar-refractivity contribution in [3.05, 3.63) is 114 Å². The van der Waals surface area contributed by atoms with Crippen LogP contribution in [0.4, 0.5) is 0 Å². The number of ether oxygens (including phenoxy) is 4. The molecule has 6 nitrogen and oxygen atoms in total. The van der Waals surface area contributed by atoms with Crippen LogP contribution in [0, 0.1) is 23.2 Å². The van der Waals surface area contributed by atoms with Crippen molar-refractivity contribution in [3.63, 3.8) is 0 Å². The second-order valence-electron chi connectivity index (χ2n) is 17.8. The van der Waals surface area contributed by atoms with E-state index >= 15 is 0 Å². The number of rotatable bonds is 16. The Morgan fingerprint density at radius 2 is 1.50 bits per heavy atom. The molecular weight excluding hydrogens is 713 g/mol. The van der Waals surface area contributed by atoms with E-state index in [4.69, 9.17) is 23.4 Å². The van der Waals surface area contributed by atoms with E-state index in [9.17, 15) is 4.79 Å². The van der Waals surface area contributed by atoms with Crippen LogP contribution in [-0.2, 0) is 30.0 Å². The Balaban J connectivity index is 1.38. The molecule has 1 spiro atoms. The molecule has 6 rings (SSSR count). The standard InChI is InChI=1S/C49H66O6Si/c1-8-9-10-11-12-15-20-38-33-43-46(52-34-37-25-27-39(51-7)28-26-37)45(44(50)29-31-49(43)35-53-48(5,6)54-36-49)42(38)30-32-55-56(47(2,3)4,40-21-16-13-17-22-40)41-23-18-14-19-24-41/h8-9,13-14,16-19,21-28,33,38,42,45-46H,10-12,15,20,29-32,34-36H2,1-7H3/b9-8+/t38-,42-,45+,46?/m0/s1. The Morgan fingerprint density at radius 1 is 0.857 bits per heavy atom. The van der Waals surface area contributed by atoms with Crippen LogP contribution in [0.3, 0.4) is 0 Å². The van der Waals surface area contributed by atoms with E-state index in [1.54, 1.807) is 7.11 Å². The lowest BCUT2D eigenvalue weighted by Crippen LogP contribution is -2.66. The summed E-state index contributed by atoms with van der Waals surface area (Å²) in [6, 6.07) is 29.8. The topological polar surface area (TPSA) is 63.2 Å². The van der Waals surface area contributed by atoms with Crippen LogP contribution in [-0.4, -0.2) is 52.9 Å². The van der Waals surface area contributed by atoms with Gasteiger partial charge in [0.25, 0.3) is 8.32 Å². The van der Waals surface area contributed by atoms with Crippen LogP contribution in [0.15, 0.2) is 109 Å². The molecule has 302 valence electrons. The molecular formula is C49H66O6Si. The Morgan fingerprint density at radius 3 is 2.09 bits per heavy atom. The maximum atomic E-state index is 14.8. The van der Waals surface area contributed by atoms with Crippen LogP contribution >= 0.6 is 0 Å². The van der Waals surface area contributed by atoms with Gasteiger partial charge in [0, 0.05) is 18.4 Å². The highest BCUT2D eigenvalue weighted by Gasteiger charge is 2.55. The highest BCUT2D eigenvalue weighted by molar-refractivity contribution is 6.99. The number of hydrogen-bond donors (Lipinski definition) is 0. The quantitative estimate of drug-likeness (QED) is 0.0820. The van der Waals surface area contributed by atoms with Crippen molar-refractivity contribution >= 4 is 24.5 Å². The minimum atomic E-state index is -2.77. The number of carbonyl (C=O) groups excluding carboxylic acids is 1. The zero-order valence-corrected chi connectivity index (χ0v) is 36.1. The summed E-state index contributed by atoms with van der Waals surface area (Å²) >= 11 is 0. The highest BCUT2D eigenvalue weighted by Crippen LogP contribution is 2.53. The van der Waals surface area contributed by atoms with Crippen LogP contribution in [0.5, 0.6) is 5.75 Å². The van der Waals surface area contributed by atoms with E-state index in [-0.39, 0.29) is 28.9 Å². The number of Topliss-reactive ketones (excluding diaryl/α,β-unsaturated/α-hetero) is 1. The molecule has 2 fully saturated rings. The lowest BCUT2D eigenvalue weighted by Gasteiger charge is -2.49. The van der Waals surface area contributed by atoms with Gasteiger partial charge in [0.15, 0.2) is 5.79 Å². The van der Waals surface area contributed by atoms with Gasteiger partial charge in [-0.05, 0) is 103 Å². The first-order valence-corrected chi connectivity index (χ1v) is 23.0. The van der Waals surface area contributed by atoms with Gasteiger partial charge in [0.2, 0.25) is 0 Å². The third-order valence-electron chi connectivity index (χ3n) is 12.7. The number of allylic oxidation sites excluding steroid dienone is 3. The van der Waals surface area contributed by atoms with Crippen molar-refractivity contribution in [2.45, 2.75) is 116 Å². The SMILES string of the molecule is C/C=C/CCCCC[C@H]1C=C2C(OCc3ccc(OC)cc3)[C@@H](C(=O)CCC23COC(C)(C)OC3)[C@H]1CCO[Si](c1ccccc1)(c1ccccc1)C(C)(C)C. The third kappa shape index (κ3) is 9.34. The molecule has 3 aliphatic rings. The highest BCUT2D eigenvalue weighted by atomic mass is 28.4. The fraction of sp³-hybridized carbons (Fsp3) is 0.531. The summed E-state index contributed by atoms with van der Waals surface area (Å²) in [5.41, 5.74) is 1.85. The molecule has 0 aromatic heterocycles. The molecule has 1 unspecified atom stereocenters. The van der Waals surface area contributed by atoms with Gasteiger partial charge in [0.1, 0.15) is 11.5 Å². The van der Waals surface area contributed by atoms with Crippen LogP contribution in [0.1, 0.15) is 98.5 Å². The van der Waals surface area contributed by atoms with Crippen molar-refractivity contribution in [3.8, 4) is 5.75 Å². The molecule has 1 saturated heterocycles. The molecule has 0 radical (unpaired) electrons. The predicted molar refractivity (Wildman–Crippen MR) is 229 cm³/mol. The Kier molecular flexibility index (Phi) is 14.0. The second kappa shape index (κ2) is 18.5. The first kappa shape index (κ1) is 42.3. The predicted octanol–water partition coefficient (Wildman–Crippen LogP) is 9.99. The van der Waals surface area contributed by atoms with Gasteiger partial charge in [-0.15, -0.1) is 0 Å². The molecule has 3 aromatic rings. The fourth-order valence-electron chi connectivity index (χ4n) is 9.60. The van der Waals surface area contributed by atoms with Gasteiger partial charge in [-0.25, -0.2) is 0 Å². The molecule has 4 atom stereocenters. The number of unbranched alkanes of at least 4 members (excludes halogenated alkanes) is 3. The van der Waals surface area contributed by atoms with Crippen molar-refractivity contribution in [1.29, 1.82) is 0 Å². The van der Waals surface area contributed by atoms with Crippen LogP contribution in [0.25, 0.3) is 0 Å². The lowest BCUT2D eigenvalue weighted by atomic mass is 9.63. The average molecular weight is 779 g/mol. The van der Waals surface area contributed by atoms with Crippen LogP contribution < -0.4 is 15.1 Å². The zero-order valence-electron chi connectivity index (χ0n) is 35.1. The minimum absolute atomic E-state index is 0.0814. The van der Waals surface area contributed by atoms with Gasteiger partial charge in [-0.1, -0.05) is 125 Å². The fourth-order valence-corrected chi connectivity index (χ4v) is 14.2. The van der Waals surface area contributed by atoms with Crippen molar-refractivity contribution in [2.75, 3.05) is 26.9 Å². The summed E-state index contributed by atoms with van der Waals surface area (Å²) in [5.74, 6) is 0.463. The molecule has 1 heterocycles. The molecule has 1 aliphatic heterocycles. The van der Waals surface area contributed by atoms with Gasteiger partial charge in [-0.3, -0.25) is 4.79 Å². The van der Waals surface area contributed by atoms with E-state index in [0.717, 1.165) is 43.4 Å². The summed E-state index contributed by atoms with van der Waals surface area (Å²) in [5, 5.41) is 2.41. The van der Waals surface area contributed by atoms with Crippen molar-refractivity contribution in [2.24, 2.45) is 23.2 Å². The van der Waals surface area contributed by atoms with E-state index in [1.807, 2.05) is 26.0 Å². The second-order valence-corrected chi connectivity index (χ2v) is 22.1. The normalized spacial score (nSPS) is 23.6. The number of methoxy groups -OCH3 is 1. The smallest absolute Gasteiger partial charge is 0.261 e. The van der Waals surface area contributed by atoms with Gasteiger partial charge in [-0.2, -0.15) is 0 Å². The maximum absolute atomic E-state index is 14.8. The van der Waals surface area contributed by atoms with E-state index in [1.165, 1.54) is 22.4 Å². The molecule has 0 amide bonds. The van der Waals surface area contributed by atoms with Crippen molar-refractivity contribution < 1.29 is 28.2 Å². The molecule has 56 heavy (non-hydrogen) atoms. The average Bonchev–Trinajstić information content (AvgIpc) is 3.27. The van der Waals surface area contributed by atoms with Gasteiger partial charge < -0.3 is 23.4 Å². The molecule has 3 aromatic carbocycles. The third-order valence-corrected chi connectivity index (χ3v) is 17.7. The first-order valence-electron chi connectivity index (χ1n) is 21.1. The van der Waals surface area contributed by atoms with E-state index < -0.39 is 19.5 Å². The molecule has 0 N–H and O–H groups in total. The number of carbonyl (C=O) groups is 1. The zero-order chi connectivity index (χ0) is 39.8. The molecule has 2 bridgehead atoms. The monoisotopic (exact) mass is 778 g/mol. The Labute approximate surface area is 338 Å². The first-order chi connectivity index (χ1) is 26.9. The minimum Gasteiger partial charge on any atom is -0.497 e. The maximum Gasteiger partial charge on any atom is 0.261 e. The molecule has 1 saturated carbocycles. The van der Waals surface area contributed by atoms with E-state index in [0.29, 0.717) is 45.1 Å². The number of fused-ring (bicyclic) bond motifs is 3. The molecule has 7 heteroatoms. The summed E-state index contributed by atoms with van der Waals surface area (Å²) < 4.78 is 32.9. The van der Waals surface area contributed by atoms with E-state index in [2.05, 4.69) is 119 Å². The summed E-state index contributed by atoms with van der Waals surface area (Å²) in [7, 11) is -1.09. The lowest BCUT2D eigenvalue weighted by molar-refractivity contribution is -0.281. The molecule has 2 aliphatic carbocycles. The summed E-state index contributed by atoms with van der Waals surface area (Å²) in [4.78, 5) is 14.8. The summed E-state index contributed by atoms with van der Waals surface area (Å²) in [6.07, 6.45) is 14.1. The Bertz CT molecular complexity index is 1710. The number of ketones is 1. The van der Waals surface area contributed by atoms with Gasteiger partial charge in [0.05, 0.1) is 39.0 Å². The largest absolute Gasteiger partial charge is 0.497 e. The number of benzene rings is 3. The van der Waals surface area contributed by atoms with Crippen LogP contribution in [0.2, 0.25) is 5.04 Å². The Hall–Kier alpha value is -3.33.